The lowest BCUT2D eigenvalue weighted by atomic mass is 9.84. The van der Waals surface area contributed by atoms with Gasteiger partial charge in [0.2, 0.25) is 0 Å². The zero-order valence-corrected chi connectivity index (χ0v) is 15.1. The fourth-order valence-corrected chi connectivity index (χ4v) is 4.20. The number of rotatable bonds is 5. The van der Waals surface area contributed by atoms with Gasteiger partial charge in [-0.2, -0.15) is 0 Å². The summed E-state index contributed by atoms with van der Waals surface area (Å²) in [6, 6.07) is 8.50. The van der Waals surface area contributed by atoms with E-state index < -0.39 is 0 Å². The molecular weight excluding hydrogens is 296 g/mol. The number of benzene rings is 1. The van der Waals surface area contributed by atoms with E-state index in [1.165, 1.54) is 37.7 Å². The van der Waals surface area contributed by atoms with Crippen LogP contribution in [0.5, 0.6) is 0 Å². The molecule has 0 spiro atoms. The van der Waals surface area contributed by atoms with E-state index in [2.05, 4.69) is 36.5 Å². The van der Waals surface area contributed by atoms with Crippen LogP contribution >= 0.6 is 0 Å². The summed E-state index contributed by atoms with van der Waals surface area (Å²) in [5.41, 5.74) is 2.29. The number of nitrogens with one attached hydrogen (secondary N) is 1. The SMILES string of the molecule is CCNCC1CCN(C(=O)c2ccc(C3CCCCC3)cc2)CC1. The van der Waals surface area contributed by atoms with Crippen LogP contribution in [0.3, 0.4) is 0 Å². The van der Waals surface area contributed by atoms with Crippen molar-refractivity contribution in [2.45, 2.75) is 57.8 Å². The lowest BCUT2D eigenvalue weighted by Gasteiger charge is -2.32. The first kappa shape index (κ1) is 17.5. The average Bonchev–Trinajstić information content (AvgIpc) is 2.67. The molecule has 0 bridgehead atoms. The lowest BCUT2D eigenvalue weighted by molar-refractivity contribution is 0.0690. The summed E-state index contributed by atoms with van der Waals surface area (Å²) in [6.07, 6.45) is 8.97. The Morgan fingerprint density at radius 1 is 1.04 bits per heavy atom. The van der Waals surface area contributed by atoms with Crippen molar-refractivity contribution in [2.75, 3.05) is 26.2 Å². The first-order valence-corrected chi connectivity index (χ1v) is 9.88. The number of hydrogen-bond acceptors (Lipinski definition) is 2. The summed E-state index contributed by atoms with van der Waals surface area (Å²) in [5, 5.41) is 3.43. The Morgan fingerprint density at radius 2 is 1.71 bits per heavy atom. The van der Waals surface area contributed by atoms with Crippen molar-refractivity contribution in [1.82, 2.24) is 10.2 Å². The van der Waals surface area contributed by atoms with Gasteiger partial charge in [0, 0.05) is 18.7 Å². The smallest absolute Gasteiger partial charge is 0.253 e. The highest BCUT2D eigenvalue weighted by Crippen LogP contribution is 2.32. The fraction of sp³-hybridized carbons (Fsp3) is 0.667. The highest BCUT2D eigenvalue weighted by molar-refractivity contribution is 5.94. The van der Waals surface area contributed by atoms with Crippen LogP contribution in [-0.2, 0) is 0 Å². The van der Waals surface area contributed by atoms with Gasteiger partial charge in [-0.25, -0.2) is 0 Å². The molecule has 1 N–H and O–H groups in total. The number of hydrogen-bond donors (Lipinski definition) is 1. The van der Waals surface area contributed by atoms with Gasteiger partial charge in [-0.1, -0.05) is 38.3 Å². The molecule has 24 heavy (non-hydrogen) atoms. The summed E-state index contributed by atoms with van der Waals surface area (Å²) >= 11 is 0. The van der Waals surface area contributed by atoms with Gasteiger partial charge in [-0.05, 0) is 68.3 Å². The summed E-state index contributed by atoms with van der Waals surface area (Å²) < 4.78 is 0. The Kier molecular flexibility index (Phi) is 6.30. The topological polar surface area (TPSA) is 32.3 Å². The molecule has 132 valence electrons. The predicted molar refractivity (Wildman–Crippen MR) is 99.4 cm³/mol. The Bertz CT molecular complexity index is 511. The molecule has 0 unspecified atom stereocenters. The molecule has 1 aromatic rings. The van der Waals surface area contributed by atoms with Crippen LogP contribution in [0.4, 0.5) is 0 Å². The van der Waals surface area contributed by atoms with E-state index in [0.717, 1.165) is 50.5 Å². The van der Waals surface area contributed by atoms with Crippen molar-refractivity contribution < 1.29 is 4.79 Å². The van der Waals surface area contributed by atoms with Gasteiger partial charge < -0.3 is 10.2 Å². The van der Waals surface area contributed by atoms with E-state index in [0.29, 0.717) is 5.92 Å². The minimum absolute atomic E-state index is 0.215. The number of piperidine rings is 1. The molecule has 2 aliphatic rings. The standard InChI is InChI=1S/C21H32N2O/c1-2-22-16-17-12-14-23(15-13-17)21(24)20-10-8-19(9-11-20)18-6-4-3-5-7-18/h8-11,17-18,22H,2-7,12-16H2,1H3. The van der Waals surface area contributed by atoms with Crippen LogP contribution < -0.4 is 5.32 Å². The molecule has 1 aliphatic carbocycles. The van der Waals surface area contributed by atoms with E-state index >= 15 is 0 Å². The number of carbonyl (C=O) groups is 1. The molecule has 1 amide bonds. The third kappa shape index (κ3) is 4.38. The molecule has 1 saturated heterocycles. The summed E-state index contributed by atoms with van der Waals surface area (Å²) in [5.74, 6) is 1.65. The predicted octanol–water partition coefficient (Wildman–Crippen LogP) is 4.20. The van der Waals surface area contributed by atoms with E-state index in [-0.39, 0.29) is 5.91 Å². The van der Waals surface area contributed by atoms with Crippen molar-refractivity contribution in [3.05, 3.63) is 35.4 Å². The lowest BCUT2D eigenvalue weighted by Crippen LogP contribution is -2.40. The zero-order chi connectivity index (χ0) is 16.8. The third-order valence-corrected chi connectivity index (χ3v) is 5.82. The van der Waals surface area contributed by atoms with Crippen molar-refractivity contribution in [3.63, 3.8) is 0 Å². The van der Waals surface area contributed by atoms with Gasteiger partial charge >= 0.3 is 0 Å². The normalized spacial score (nSPS) is 20.3. The first-order valence-electron chi connectivity index (χ1n) is 9.88. The van der Waals surface area contributed by atoms with E-state index in [1.54, 1.807) is 0 Å². The molecule has 1 aliphatic heterocycles. The molecule has 0 aromatic heterocycles. The van der Waals surface area contributed by atoms with Crippen molar-refractivity contribution in [1.29, 1.82) is 0 Å². The van der Waals surface area contributed by atoms with Crippen molar-refractivity contribution in [3.8, 4) is 0 Å². The van der Waals surface area contributed by atoms with Crippen LogP contribution in [0.25, 0.3) is 0 Å². The highest BCUT2D eigenvalue weighted by atomic mass is 16.2. The second-order valence-corrected chi connectivity index (χ2v) is 7.50. The minimum atomic E-state index is 0.215. The molecule has 0 radical (unpaired) electrons. The highest BCUT2D eigenvalue weighted by Gasteiger charge is 2.23. The van der Waals surface area contributed by atoms with Gasteiger partial charge in [-0.15, -0.1) is 0 Å². The molecule has 3 nitrogen and oxygen atoms in total. The van der Waals surface area contributed by atoms with Crippen LogP contribution in [0.2, 0.25) is 0 Å². The van der Waals surface area contributed by atoms with Crippen LogP contribution in [0.15, 0.2) is 24.3 Å². The van der Waals surface area contributed by atoms with Crippen molar-refractivity contribution in [2.24, 2.45) is 5.92 Å². The average molecular weight is 329 g/mol. The third-order valence-electron chi connectivity index (χ3n) is 5.82. The van der Waals surface area contributed by atoms with Gasteiger partial charge in [0.1, 0.15) is 0 Å². The fourth-order valence-electron chi connectivity index (χ4n) is 4.20. The maximum Gasteiger partial charge on any atom is 0.253 e. The van der Waals surface area contributed by atoms with Gasteiger partial charge in [0.15, 0.2) is 0 Å². The quantitative estimate of drug-likeness (QED) is 0.879. The number of carbonyl (C=O) groups excluding carboxylic acids is 1. The van der Waals surface area contributed by atoms with Crippen molar-refractivity contribution >= 4 is 5.91 Å². The van der Waals surface area contributed by atoms with Crippen LogP contribution in [0.1, 0.15) is 73.7 Å². The number of nitrogens with zero attached hydrogens (tertiary/aromatic N) is 1. The van der Waals surface area contributed by atoms with Crippen LogP contribution in [-0.4, -0.2) is 37.0 Å². The van der Waals surface area contributed by atoms with Gasteiger partial charge in [0.25, 0.3) is 5.91 Å². The maximum atomic E-state index is 12.7. The van der Waals surface area contributed by atoms with Crippen LogP contribution in [0, 0.1) is 5.92 Å². The number of likely N-dealkylation sites (tertiary alicyclic amines) is 1. The maximum absolute atomic E-state index is 12.7. The minimum Gasteiger partial charge on any atom is -0.339 e. The Morgan fingerprint density at radius 3 is 2.33 bits per heavy atom. The Balaban J connectivity index is 1.53. The summed E-state index contributed by atoms with van der Waals surface area (Å²) in [7, 11) is 0. The number of amides is 1. The molecular formula is C21H32N2O. The first-order chi connectivity index (χ1) is 11.8. The van der Waals surface area contributed by atoms with E-state index in [9.17, 15) is 4.79 Å². The van der Waals surface area contributed by atoms with E-state index in [4.69, 9.17) is 0 Å². The summed E-state index contributed by atoms with van der Waals surface area (Å²) in [4.78, 5) is 14.8. The second kappa shape index (κ2) is 8.66. The largest absolute Gasteiger partial charge is 0.339 e. The zero-order valence-electron chi connectivity index (χ0n) is 15.1. The molecule has 1 saturated carbocycles. The molecule has 1 heterocycles. The Labute approximate surface area is 146 Å². The van der Waals surface area contributed by atoms with E-state index in [1.807, 2.05) is 4.90 Å². The molecule has 2 fully saturated rings. The summed E-state index contributed by atoms with van der Waals surface area (Å²) in [6.45, 7) is 6.08. The van der Waals surface area contributed by atoms with Gasteiger partial charge in [-0.3, -0.25) is 4.79 Å². The Hall–Kier alpha value is -1.35. The molecule has 0 atom stereocenters. The second-order valence-electron chi connectivity index (χ2n) is 7.50. The van der Waals surface area contributed by atoms with Gasteiger partial charge in [0.05, 0.1) is 0 Å². The monoisotopic (exact) mass is 328 g/mol. The molecule has 1 aromatic carbocycles. The molecule has 3 rings (SSSR count). The molecule has 3 heteroatoms.